The van der Waals surface area contributed by atoms with Gasteiger partial charge >= 0.3 is 5.97 Å². The van der Waals surface area contributed by atoms with Gasteiger partial charge in [-0.3, -0.25) is 14.5 Å². The highest BCUT2D eigenvalue weighted by Crippen LogP contribution is 2.47. The fourth-order valence-electron chi connectivity index (χ4n) is 8.42. The Bertz CT molecular complexity index is 1260. The second kappa shape index (κ2) is 11.4. The van der Waals surface area contributed by atoms with Crippen molar-refractivity contribution in [3.63, 3.8) is 0 Å². The van der Waals surface area contributed by atoms with E-state index in [4.69, 9.17) is 9.82 Å². The Morgan fingerprint density at radius 2 is 1.64 bits per heavy atom. The van der Waals surface area contributed by atoms with E-state index in [1.807, 2.05) is 35.8 Å². The molecule has 6 rings (SSSR count). The maximum Gasteiger partial charge on any atom is 0.303 e. The molecule has 5 atom stereocenters. The molecule has 2 saturated heterocycles. The van der Waals surface area contributed by atoms with Crippen LogP contribution in [0.2, 0.25) is 0 Å². The first-order valence-corrected chi connectivity index (χ1v) is 15.2. The standard InChI is InChI=1S/C31H42N4O4/c1-2-39-33-27(13-14-29(36)37)30-31(38)35(28-12-4-3-11-26(28)32-30)25-18-22-9-6-10-23(19-25)34(22)24-16-20-7-5-8-21(15-20)17-24/h3-4,11-12,20-25H,2,5-10,13-19H2,1H3,(H,36,37)/t20?,21?,22-,23?,24?,25+/m1/s1. The summed E-state index contributed by atoms with van der Waals surface area (Å²) in [5, 5.41) is 13.5. The zero-order valence-electron chi connectivity index (χ0n) is 23.1. The van der Waals surface area contributed by atoms with Crippen molar-refractivity contribution in [2.45, 2.75) is 115 Å². The minimum absolute atomic E-state index is 0.0895. The lowest BCUT2D eigenvalue weighted by molar-refractivity contribution is -0.136. The molecule has 3 heterocycles. The van der Waals surface area contributed by atoms with Gasteiger partial charge in [0, 0.05) is 30.6 Å². The van der Waals surface area contributed by atoms with Crippen LogP contribution in [0.3, 0.4) is 0 Å². The molecular weight excluding hydrogens is 492 g/mol. The van der Waals surface area contributed by atoms with E-state index in [0.29, 0.717) is 30.4 Å². The summed E-state index contributed by atoms with van der Waals surface area (Å²) in [5.41, 5.74) is 1.94. The molecule has 2 aliphatic carbocycles. The summed E-state index contributed by atoms with van der Waals surface area (Å²) in [7, 11) is 0. The number of piperidine rings is 2. The Balaban J connectivity index is 1.35. The summed E-state index contributed by atoms with van der Waals surface area (Å²) in [6, 6.07) is 9.64. The highest BCUT2D eigenvalue weighted by Gasteiger charge is 2.45. The quantitative estimate of drug-likeness (QED) is 0.353. The van der Waals surface area contributed by atoms with Gasteiger partial charge in [0.15, 0.2) is 5.69 Å². The highest BCUT2D eigenvalue weighted by molar-refractivity contribution is 6.00. The first kappa shape index (κ1) is 26.5. The Labute approximate surface area is 230 Å². The fourth-order valence-corrected chi connectivity index (χ4v) is 8.42. The van der Waals surface area contributed by atoms with E-state index in [9.17, 15) is 14.7 Å². The third-order valence-electron chi connectivity index (χ3n) is 9.84. The van der Waals surface area contributed by atoms with Gasteiger partial charge < -0.3 is 14.5 Å². The second-order valence-corrected chi connectivity index (χ2v) is 12.3. The molecule has 1 aromatic heterocycles. The summed E-state index contributed by atoms with van der Waals surface area (Å²) in [4.78, 5) is 38.4. The second-order valence-electron chi connectivity index (χ2n) is 12.3. The summed E-state index contributed by atoms with van der Waals surface area (Å²) in [6.45, 7) is 2.15. The van der Waals surface area contributed by atoms with Crippen molar-refractivity contribution in [1.82, 2.24) is 14.5 Å². The third kappa shape index (κ3) is 5.37. The highest BCUT2D eigenvalue weighted by atomic mass is 16.6. The number of nitrogens with zero attached hydrogens (tertiary/aromatic N) is 4. The van der Waals surface area contributed by atoms with Gasteiger partial charge in [0.2, 0.25) is 0 Å². The minimum atomic E-state index is -0.938. The minimum Gasteiger partial charge on any atom is -0.481 e. The molecule has 4 bridgehead atoms. The predicted octanol–water partition coefficient (Wildman–Crippen LogP) is 5.53. The van der Waals surface area contributed by atoms with Gasteiger partial charge in [-0.15, -0.1) is 0 Å². The molecule has 2 aliphatic heterocycles. The van der Waals surface area contributed by atoms with E-state index in [2.05, 4.69) is 10.1 Å². The number of para-hydroxylation sites is 2. The number of carboxylic acids is 1. The third-order valence-corrected chi connectivity index (χ3v) is 9.84. The summed E-state index contributed by atoms with van der Waals surface area (Å²) in [6.07, 6.45) is 14.0. The molecule has 0 amide bonds. The molecule has 2 aromatic rings. The molecule has 1 N–H and O–H groups in total. The number of rotatable bonds is 8. The predicted molar refractivity (Wildman–Crippen MR) is 151 cm³/mol. The van der Waals surface area contributed by atoms with E-state index < -0.39 is 5.97 Å². The summed E-state index contributed by atoms with van der Waals surface area (Å²) in [5.74, 6) is 0.876. The van der Waals surface area contributed by atoms with Crippen molar-refractivity contribution in [3.8, 4) is 0 Å². The monoisotopic (exact) mass is 534 g/mol. The van der Waals surface area contributed by atoms with Crippen LogP contribution in [0, 0.1) is 11.8 Å². The first-order chi connectivity index (χ1) is 19.0. The molecule has 0 spiro atoms. The van der Waals surface area contributed by atoms with E-state index in [0.717, 1.165) is 35.7 Å². The topological polar surface area (TPSA) is 97.0 Å². The van der Waals surface area contributed by atoms with Gasteiger partial charge in [-0.05, 0) is 75.8 Å². The smallest absolute Gasteiger partial charge is 0.303 e. The van der Waals surface area contributed by atoms with E-state index in [-0.39, 0.29) is 30.1 Å². The number of benzene rings is 1. The molecule has 39 heavy (non-hydrogen) atoms. The maximum absolute atomic E-state index is 14.2. The Kier molecular flexibility index (Phi) is 7.74. The fraction of sp³-hybridized carbons (Fsp3) is 0.677. The van der Waals surface area contributed by atoms with Crippen molar-refractivity contribution < 1.29 is 14.7 Å². The number of oxime groups is 1. The van der Waals surface area contributed by atoms with Gasteiger partial charge in [-0.25, -0.2) is 4.98 Å². The lowest BCUT2D eigenvalue weighted by Gasteiger charge is -2.55. The van der Waals surface area contributed by atoms with Crippen molar-refractivity contribution in [3.05, 3.63) is 40.3 Å². The summed E-state index contributed by atoms with van der Waals surface area (Å²) < 4.78 is 1.97. The number of aromatic nitrogens is 2. The van der Waals surface area contributed by atoms with Crippen molar-refractivity contribution in [2.75, 3.05) is 6.61 Å². The average molecular weight is 535 g/mol. The number of hydrogen-bond acceptors (Lipinski definition) is 6. The zero-order chi connectivity index (χ0) is 26.9. The van der Waals surface area contributed by atoms with Gasteiger partial charge in [-0.1, -0.05) is 43.0 Å². The van der Waals surface area contributed by atoms with E-state index >= 15 is 0 Å². The number of hydrogen-bond donors (Lipinski definition) is 1. The number of carboxylic acid groups (broad SMARTS) is 1. The molecule has 0 radical (unpaired) electrons. The van der Waals surface area contributed by atoms with E-state index in [1.54, 1.807) is 0 Å². The molecule has 1 aromatic carbocycles. The first-order valence-electron chi connectivity index (χ1n) is 15.2. The summed E-state index contributed by atoms with van der Waals surface area (Å²) >= 11 is 0. The van der Waals surface area contributed by atoms with Crippen LogP contribution in [0.4, 0.5) is 0 Å². The zero-order valence-corrected chi connectivity index (χ0v) is 23.1. The van der Waals surface area contributed by atoms with Gasteiger partial charge in [0.05, 0.1) is 17.5 Å². The Morgan fingerprint density at radius 3 is 2.33 bits per heavy atom. The maximum atomic E-state index is 14.2. The SMILES string of the molecule is CCON=C(CCC(=O)O)c1nc2ccccc2n([C@@H]2CC3CCC[C@H](C2)N3C2CC3CCCC(C3)C2)c1=O. The number of carbonyl (C=O) groups is 1. The van der Waals surface area contributed by atoms with Crippen LogP contribution >= 0.6 is 0 Å². The normalized spacial score (nSPS) is 31.3. The van der Waals surface area contributed by atoms with Gasteiger partial charge in [0.1, 0.15) is 12.3 Å². The molecule has 2 saturated carbocycles. The Morgan fingerprint density at radius 1 is 0.949 bits per heavy atom. The average Bonchev–Trinajstić information content (AvgIpc) is 2.92. The molecule has 8 heteroatoms. The van der Waals surface area contributed by atoms with Crippen LogP contribution in [0.1, 0.15) is 102 Å². The molecule has 3 unspecified atom stereocenters. The van der Waals surface area contributed by atoms with Crippen LogP contribution in [0.5, 0.6) is 0 Å². The largest absolute Gasteiger partial charge is 0.481 e. The number of aliphatic carboxylic acids is 1. The molecular formula is C31H42N4O4. The van der Waals surface area contributed by atoms with Crippen molar-refractivity contribution in [1.29, 1.82) is 0 Å². The van der Waals surface area contributed by atoms with E-state index in [1.165, 1.54) is 57.8 Å². The van der Waals surface area contributed by atoms with Crippen LogP contribution < -0.4 is 5.56 Å². The Hall–Kier alpha value is -2.74. The molecule has 8 nitrogen and oxygen atoms in total. The lowest BCUT2D eigenvalue weighted by Crippen LogP contribution is -2.58. The van der Waals surface area contributed by atoms with Crippen LogP contribution in [-0.2, 0) is 9.63 Å². The van der Waals surface area contributed by atoms with Crippen molar-refractivity contribution >= 4 is 22.7 Å². The van der Waals surface area contributed by atoms with Crippen LogP contribution in [-0.4, -0.2) is 56.0 Å². The van der Waals surface area contributed by atoms with Crippen molar-refractivity contribution in [2.24, 2.45) is 17.0 Å². The van der Waals surface area contributed by atoms with Gasteiger partial charge in [0.25, 0.3) is 5.56 Å². The molecule has 4 aliphatic rings. The van der Waals surface area contributed by atoms with Crippen LogP contribution in [0.25, 0.3) is 11.0 Å². The van der Waals surface area contributed by atoms with Gasteiger partial charge in [-0.2, -0.15) is 0 Å². The lowest BCUT2D eigenvalue weighted by atomic mass is 9.68. The number of fused-ring (bicyclic) bond motifs is 5. The molecule has 4 fully saturated rings. The molecule has 210 valence electrons. The van der Waals surface area contributed by atoms with Crippen LogP contribution in [0.15, 0.2) is 34.2 Å².